The lowest BCUT2D eigenvalue weighted by molar-refractivity contribution is -0.131. The quantitative estimate of drug-likeness (QED) is 0.561. The summed E-state index contributed by atoms with van der Waals surface area (Å²) in [6.07, 6.45) is 19.3. The molecular formula is C22H28N2O2. The summed E-state index contributed by atoms with van der Waals surface area (Å²) in [6.45, 7) is 8.33. The number of carbonyl (C=O) groups is 1. The van der Waals surface area contributed by atoms with E-state index in [1.807, 2.05) is 37.8 Å². The molecule has 0 unspecified atom stereocenters. The Balaban J connectivity index is 2.13. The summed E-state index contributed by atoms with van der Waals surface area (Å²) in [7, 11) is 0. The lowest BCUT2D eigenvalue weighted by Gasteiger charge is -2.30. The maximum absolute atomic E-state index is 10.6. The number of carboxylic acids is 1. The van der Waals surface area contributed by atoms with E-state index in [0.29, 0.717) is 17.5 Å². The Labute approximate surface area is 156 Å². The third-order valence-corrected chi connectivity index (χ3v) is 4.84. The third kappa shape index (κ3) is 5.45. The first-order valence-electron chi connectivity index (χ1n) is 9.01. The fraction of sp³-hybridized carbons (Fsp3) is 0.364. The molecule has 0 fully saturated rings. The first-order chi connectivity index (χ1) is 12.4. The number of imidazole rings is 1. The first kappa shape index (κ1) is 19.7. The highest BCUT2D eigenvalue weighted by Gasteiger charge is 2.24. The van der Waals surface area contributed by atoms with Crippen LogP contribution in [0.25, 0.3) is 0 Å². The predicted molar refractivity (Wildman–Crippen MR) is 106 cm³/mol. The molecule has 26 heavy (non-hydrogen) atoms. The molecule has 0 saturated carbocycles. The Kier molecular flexibility index (Phi) is 6.96. The van der Waals surface area contributed by atoms with Crippen molar-refractivity contribution >= 4 is 5.97 Å². The van der Waals surface area contributed by atoms with Gasteiger partial charge in [-0.25, -0.2) is 9.78 Å². The van der Waals surface area contributed by atoms with Gasteiger partial charge in [-0.15, -0.1) is 0 Å². The van der Waals surface area contributed by atoms with Crippen molar-refractivity contribution in [2.24, 2.45) is 5.92 Å². The van der Waals surface area contributed by atoms with E-state index in [1.165, 1.54) is 23.6 Å². The van der Waals surface area contributed by atoms with E-state index in [-0.39, 0.29) is 0 Å². The minimum absolute atomic E-state index is 0.390. The SMILES string of the molecule is CC1=C(/C=C/C(C)=C/C=C/C(C)=C\C(=O)O)[C@H](C)CC[C@@H]1n1ccnc1. The first-order valence-corrected chi connectivity index (χ1v) is 9.01. The largest absolute Gasteiger partial charge is 0.478 e. The van der Waals surface area contributed by atoms with E-state index in [2.05, 4.69) is 35.6 Å². The number of carboxylic acid groups (broad SMARTS) is 1. The smallest absolute Gasteiger partial charge is 0.328 e. The molecule has 1 aliphatic rings. The number of rotatable bonds is 6. The molecule has 1 aromatic heterocycles. The molecule has 0 amide bonds. The third-order valence-electron chi connectivity index (χ3n) is 4.84. The van der Waals surface area contributed by atoms with Crippen molar-refractivity contribution in [3.63, 3.8) is 0 Å². The molecule has 1 heterocycles. The molecule has 0 aliphatic heterocycles. The van der Waals surface area contributed by atoms with Gasteiger partial charge in [-0.2, -0.15) is 0 Å². The standard InChI is InChI=1S/C22H28N2O2/c1-16(6-5-7-17(2)14-22(25)26)8-10-20-18(3)9-11-21(19(20)4)24-13-12-23-15-24/h5-8,10,12-15,18,21H,9,11H2,1-4H3,(H,25,26)/b7-5+,10-8+,16-6+,17-14-/t18-,21+/m1/s1. The maximum atomic E-state index is 10.6. The van der Waals surface area contributed by atoms with Gasteiger partial charge in [0.1, 0.15) is 0 Å². The van der Waals surface area contributed by atoms with Gasteiger partial charge in [-0.05, 0) is 56.3 Å². The Hall–Kier alpha value is -2.62. The molecule has 0 saturated heterocycles. The van der Waals surface area contributed by atoms with Crippen LogP contribution >= 0.6 is 0 Å². The van der Waals surface area contributed by atoms with Gasteiger partial charge in [0.2, 0.25) is 0 Å². The predicted octanol–water partition coefficient (Wildman–Crippen LogP) is 5.26. The zero-order valence-electron chi connectivity index (χ0n) is 16.0. The molecule has 4 nitrogen and oxygen atoms in total. The fourth-order valence-electron chi connectivity index (χ4n) is 3.35. The number of aliphatic carboxylic acids is 1. The second-order valence-electron chi connectivity index (χ2n) is 6.97. The highest BCUT2D eigenvalue weighted by molar-refractivity contribution is 5.81. The summed E-state index contributed by atoms with van der Waals surface area (Å²) < 4.78 is 2.19. The minimum atomic E-state index is -0.922. The van der Waals surface area contributed by atoms with Crippen molar-refractivity contribution in [1.29, 1.82) is 0 Å². The number of aromatic nitrogens is 2. The molecule has 0 aromatic carbocycles. The minimum Gasteiger partial charge on any atom is -0.478 e. The van der Waals surface area contributed by atoms with Crippen molar-refractivity contribution in [2.45, 2.75) is 46.6 Å². The summed E-state index contributed by atoms with van der Waals surface area (Å²) >= 11 is 0. The van der Waals surface area contributed by atoms with Crippen molar-refractivity contribution in [3.05, 3.63) is 77.5 Å². The number of hydrogen-bond donors (Lipinski definition) is 1. The molecule has 0 radical (unpaired) electrons. The molecule has 4 heteroatoms. The summed E-state index contributed by atoms with van der Waals surface area (Å²) in [5.41, 5.74) is 4.64. The van der Waals surface area contributed by atoms with Gasteiger partial charge in [0.15, 0.2) is 0 Å². The van der Waals surface area contributed by atoms with Crippen molar-refractivity contribution in [3.8, 4) is 0 Å². The van der Waals surface area contributed by atoms with Gasteiger partial charge in [0, 0.05) is 18.5 Å². The normalized spacial score (nSPS) is 22.6. The molecule has 2 atom stereocenters. The van der Waals surface area contributed by atoms with Crippen LogP contribution in [0.5, 0.6) is 0 Å². The molecule has 1 aliphatic carbocycles. The van der Waals surface area contributed by atoms with Crippen LogP contribution in [0, 0.1) is 5.92 Å². The van der Waals surface area contributed by atoms with Crippen molar-refractivity contribution < 1.29 is 9.90 Å². The highest BCUT2D eigenvalue weighted by Crippen LogP contribution is 2.37. The van der Waals surface area contributed by atoms with Crippen LogP contribution in [0.4, 0.5) is 0 Å². The van der Waals surface area contributed by atoms with E-state index < -0.39 is 5.97 Å². The van der Waals surface area contributed by atoms with Crippen molar-refractivity contribution in [2.75, 3.05) is 0 Å². The van der Waals surface area contributed by atoms with Crippen molar-refractivity contribution in [1.82, 2.24) is 9.55 Å². The van der Waals surface area contributed by atoms with Gasteiger partial charge in [-0.3, -0.25) is 0 Å². The second kappa shape index (κ2) is 9.18. The number of nitrogens with zero attached hydrogens (tertiary/aromatic N) is 2. The van der Waals surface area contributed by atoms with E-state index in [1.54, 1.807) is 13.0 Å². The topological polar surface area (TPSA) is 55.1 Å². The average Bonchev–Trinajstić information content (AvgIpc) is 3.08. The number of allylic oxidation sites excluding steroid dienone is 9. The maximum Gasteiger partial charge on any atom is 0.328 e. The molecule has 1 aromatic rings. The van der Waals surface area contributed by atoms with Crippen LogP contribution in [0.1, 0.15) is 46.6 Å². The fourth-order valence-corrected chi connectivity index (χ4v) is 3.35. The molecular weight excluding hydrogens is 324 g/mol. The Morgan fingerprint density at radius 2 is 2.04 bits per heavy atom. The van der Waals surface area contributed by atoms with Crippen LogP contribution in [0.3, 0.4) is 0 Å². The average molecular weight is 352 g/mol. The van der Waals surface area contributed by atoms with Gasteiger partial charge < -0.3 is 9.67 Å². The highest BCUT2D eigenvalue weighted by atomic mass is 16.4. The van der Waals surface area contributed by atoms with Gasteiger partial charge in [0.05, 0.1) is 12.4 Å². The number of hydrogen-bond acceptors (Lipinski definition) is 2. The van der Waals surface area contributed by atoms with Crippen LogP contribution in [0.2, 0.25) is 0 Å². The van der Waals surface area contributed by atoms with E-state index >= 15 is 0 Å². The molecule has 1 N–H and O–H groups in total. The van der Waals surface area contributed by atoms with Gasteiger partial charge >= 0.3 is 5.97 Å². The lowest BCUT2D eigenvalue weighted by Crippen LogP contribution is -2.18. The summed E-state index contributed by atoms with van der Waals surface area (Å²) in [4.78, 5) is 14.8. The summed E-state index contributed by atoms with van der Waals surface area (Å²) in [6, 6.07) is 0.390. The van der Waals surface area contributed by atoms with E-state index in [0.717, 1.165) is 12.0 Å². The van der Waals surface area contributed by atoms with E-state index in [4.69, 9.17) is 5.11 Å². The monoisotopic (exact) mass is 352 g/mol. The molecule has 0 spiro atoms. The Morgan fingerprint density at radius 3 is 2.69 bits per heavy atom. The van der Waals surface area contributed by atoms with Crippen LogP contribution < -0.4 is 0 Å². The summed E-state index contributed by atoms with van der Waals surface area (Å²) in [5, 5.41) is 8.71. The van der Waals surface area contributed by atoms with Crippen LogP contribution in [-0.4, -0.2) is 20.6 Å². The van der Waals surface area contributed by atoms with Gasteiger partial charge in [0.25, 0.3) is 0 Å². The van der Waals surface area contributed by atoms with Crippen LogP contribution in [0.15, 0.2) is 77.5 Å². The van der Waals surface area contributed by atoms with Crippen LogP contribution in [-0.2, 0) is 4.79 Å². The zero-order chi connectivity index (χ0) is 19.1. The molecule has 0 bridgehead atoms. The summed E-state index contributed by atoms with van der Waals surface area (Å²) in [5.74, 6) is -0.371. The Bertz CT molecular complexity index is 777. The van der Waals surface area contributed by atoms with Gasteiger partial charge in [-0.1, -0.05) is 42.9 Å². The Morgan fingerprint density at radius 1 is 1.27 bits per heavy atom. The molecule has 2 rings (SSSR count). The second-order valence-corrected chi connectivity index (χ2v) is 6.97. The molecule has 138 valence electrons. The lowest BCUT2D eigenvalue weighted by atomic mass is 9.81. The zero-order valence-corrected chi connectivity index (χ0v) is 16.0. The van der Waals surface area contributed by atoms with E-state index in [9.17, 15) is 4.79 Å².